The van der Waals surface area contributed by atoms with Crippen LogP contribution in [0.25, 0.3) is 0 Å². The smallest absolute Gasteiger partial charge is 0.244 e. The van der Waals surface area contributed by atoms with Crippen molar-refractivity contribution in [1.29, 1.82) is 0 Å². The summed E-state index contributed by atoms with van der Waals surface area (Å²) >= 11 is 0. The van der Waals surface area contributed by atoms with Gasteiger partial charge in [-0.1, -0.05) is 54.1 Å². The second kappa shape index (κ2) is 9.41. The highest BCUT2D eigenvalue weighted by molar-refractivity contribution is 7.89. The van der Waals surface area contributed by atoms with Gasteiger partial charge in [0.15, 0.2) is 0 Å². The largest absolute Gasteiger partial charge is 0.325 e. The molecule has 1 amide bonds. The van der Waals surface area contributed by atoms with E-state index in [0.717, 1.165) is 15.4 Å². The number of carbonyl (C=O) groups is 1. The zero-order valence-electron chi connectivity index (χ0n) is 17.7. The molecule has 5 nitrogen and oxygen atoms in total. The van der Waals surface area contributed by atoms with Crippen molar-refractivity contribution in [2.45, 2.75) is 32.2 Å². The van der Waals surface area contributed by atoms with E-state index >= 15 is 0 Å². The van der Waals surface area contributed by atoms with Gasteiger partial charge in [-0.05, 0) is 55.7 Å². The van der Waals surface area contributed by atoms with Crippen molar-refractivity contribution < 1.29 is 17.6 Å². The number of amides is 1. The van der Waals surface area contributed by atoms with E-state index < -0.39 is 28.3 Å². The Bertz CT molecular complexity index is 1170. The summed E-state index contributed by atoms with van der Waals surface area (Å²) in [6.07, 6.45) is 0. The van der Waals surface area contributed by atoms with E-state index in [1.54, 1.807) is 19.9 Å². The predicted molar refractivity (Wildman–Crippen MR) is 120 cm³/mol. The van der Waals surface area contributed by atoms with Gasteiger partial charge >= 0.3 is 0 Å². The second-order valence-electron chi connectivity index (χ2n) is 7.55. The Labute approximate surface area is 182 Å². The first-order chi connectivity index (χ1) is 14.7. The van der Waals surface area contributed by atoms with Crippen molar-refractivity contribution in [3.63, 3.8) is 0 Å². The molecule has 0 saturated carbocycles. The van der Waals surface area contributed by atoms with Crippen LogP contribution >= 0.6 is 0 Å². The summed E-state index contributed by atoms with van der Waals surface area (Å²) in [7, 11) is -3.97. The molecule has 0 aromatic heterocycles. The number of carbonyl (C=O) groups excluding carboxylic acids is 1. The number of rotatable bonds is 7. The summed E-state index contributed by atoms with van der Waals surface area (Å²) in [6.45, 7) is 5.04. The Balaban J connectivity index is 1.95. The van der Waals surface area contributed by atoms with Crippen LogP contribution in [0.15, 0.2) is 71.6 Å². The minimum atomic E-state index is -3.97. The highest BCUT2D eigenvalue weighted by atomic mass is 32.2. The van der Waals surface area contributed by atoms with Crippen molar-refractivity contribution in [3.8, 4) is 0 Å². The maximum atomic E-state index is 13.6. The first-order valence-corrected chi connectivity index (χ1v) is 11.3. The molecule has 1 N–H and O–H groups in total. The van der Waals surface area contributed by atoms with E-state index in [1.165, 1.54) is 18.2 Å². The molecule has 0 spiro atoms. The Hall–Kier alpha value is -3.03. The van der Waals surface area contributed by atoms with Crippen LogP contribution in [-0.4, -0.2) is 25.2 Å². The Kier molecular flexibility index (Phi) is 6.87. The van der Waals surface area contributed by atoms with E-state index in [4.69, 9.17) is 0 Å². The zero-order chi connectivity index (χ0) is 22.6. The summed E-state index contributed by atoms with van der Waals surface area (Å²) in [5.74, 6) is -1.04. The van der Waals surface area contributed by atoms with E-state index in [2.05, 4.69) is 5.32 Å². The highest BCUT2D eigenvalue weighted by Gasteiger charge is 2.30. The van der Waals surface area contributed by atoms with Gasteiger partial charge in [-0.25, -0.2) is 12.8 Å². The van der Waals surface area contributed by atoms with Crippen LogP contribution in [0, 0.1) is 26.6 Å². The molecule has 0 bridgehead atoms. The summed E-state index contributed by atoms with van der Waals surface area (Å²) in [4.78, 5) is 12.9. The molecule has 0 aliphatic rings. The predicted octanol–water partition coefficient (Wildman–Crippen LogP) is 4.58. The van der Waals surface area contributed by atoms with Gasteiger partial charge in [0.05, 0.1) is 11.4 Å². The number of nitrogens with one attached hydrogen (secondary N) is 1. The number of aryl methyl sites for hydroxylation is 3. The maximum absolute atomic E-state index is 13.6. The summed E-state index contributed by atoms with van der Waals surface area (Å²) < 4.78 is 41.8. The average Bonchev–Trinajstić information content (AvgIpc) is 2.67. The van der Waals surface area contributed by atoms with E-state index in [-0.39, 0.29) is 17.1 Å². The quantitative estimate of drug-likeness (QED) is 0.585. The summed E-state index contributed by atoms with van der Waals surface area (Å²) in [5, 5.41) is 2.58. The molecule has 162 valence electrons. The number of anilines is 1. The Morgan fingerprint density at radius 1 is 0.935 bits per heavy atom. The van der Waals surface area contributed by atoms with Gasteiger partial charge in [0.25, 0.3) is 0 Å². The second-order valence-corrected chi connectivity index (χ2v) is 9.42. The fourth-order valence-corrected chi connectivity index (χ4v) is 5.44. The lowest BCUT2D eigenvalue weighted by Crippen LogP contribution is -2.38. The standard InChI is InChI=1S/C24H25FN2O3S/c1-17-12-18(2)24(19(3)13-17)31(29,30)27(15-20-8-5-4-6-9-20)16-23(28)26-22-11-7-10-21(25)14-22/h4-14H,15-16H2,1-3H3,(H,26,28). The van der Waals surface area contributed by atoms with E-state index in [1.807, 2.05) is 49.4 Å². The van der Waals surface area contributed by atoms with Gasteiger partial charge in [0.2, 0.25) is 15.9 Å². The minimum absolute atomic E-state index is 0.0342. The highest BCUT2D eigenvalue weighted by Crippen LogP contribution is 2.26. The first-order valence-electron chi connectivity index (χ1n) is 9.84. The molecular weight excluding hydrogens is 415 g/mol. The fourth-order valence-electron chi connectivity index (χ4n) is 3.64. The van der Waals surface area contributed by atoms with Gasteiger partial charge in [-0.3, -0.25) is 4.79 Å². The molecule has 0 saturated heterocycles. The topological polar surface area (TPSA) is 66.5 Å². The van der Waals surface area contributed by atoms with Crippen molar-refractivity contribution in [1.82, 2.24) is 4.31 Å². The summed E-state index contributed by atoms with van der Waals surface area (Å²) in [5.41, 5.74) is 3.24. The van der Waals surface area contributed by atoms with Gasteiger partial charge in [-0.2, -0.15) is 4.31 Å². The number of nitrogens with zero attached hydrogens (tertiary/aromatic N) is 1. The third-order valence-corrected chi connectivity index (χ3v) is 6.93. The number of hydrogen-bond donors (Lipinski definition) is 1. The molecule has 0 aliphatic carbocycles. The van der Waals surface area contributed by atoms with Crippen molar-refractivity contribution in [3.05, 3.63) is 94.8 Å². The molecule has 0 fully saturated rings. The van der Waals surface area contributed by atoms with Gasteiger partial charge in [-0.15, -0.1) is 0 Å². The first kappa shape index (κ1) is 22.7. The van der Waals surface area contributed by atoms with Crippen LogP contribution in [0.5, 0.6) is 0 Å². The molecule has 3 aromatic carbocycles. The SMILES string of the molecule is Cc1cc(C)c(S(=O)(=O)N(CC(=O)Nc2cccc(F)c2)Cc2ccccc2)c(C)c1. The van der Waals surface area contributed by atoms with Gasteiger partial charge < -0.3 is 5.32 Å². The third-order valence-electron chi connectivity index (χ3n) is 4.83. The normalized spacial score (nSPS) is 11.5. The molecule has 0 unspecified atom stereocenters. The molecule has 0 radical (unpaired) electrons. The van der Waals surface area contributed by atoms with E-state index in [9.17, 15) is 17.6 Å². The van der Waals surface area contributed by atoms with Gasteiger partial charge in [0, 0.05) is 12.2 Å². The molecular formula is C24H25FN2O3S. The lowest BCUT2D eigenvalue weighted by Gasteiger charge is -2.24. The molecule has 3 rings (SSSR count). The van der Waals surface area contributed by atoms with Gasteiger partial charge in [0.1, 0.15) is 5.82 Å². The minimum Gasteiger partial charge on any atom is -0.325 e. The van der Waals surface area contributed by atoms with Crippen LogP contribution in [0.4, 0.5) is 10.1 Å². The average molecular weight is 441 g/mol. The molecule has 31 heavy (non-hydrogen) atoms. The lowest BCUT2D eigenvalue weighted by molar-refractivity contribution is -0.116. The Morgan fingerprint density at radius 2 is 1.58 bits per heavy atom. The molecule has 0 heterocycles. The van der Waals surface area contributed by atoms with Crippen LogP contribution in [0.1, 0.15) is 22.3 Å². The number of hydrogen-bond acceptors (Lipinski definition) is 3. The fraction of sp³-hybridized carbons (Fsp3) is 0.208. The zero-order valence-corrected chi connectivity index (χ0v) is 18.5. The molecule has 0 aliphatic heterocycles. The number of benzene rings is 3. The summed E-state index contributed by atoms with van der Waals surface area (Å²) in [6, 6.07) is 18.2. The molecule has 3 aromatic rings. The lowest BCUT2D eigenvalue weighted by atomic mass is 10.1. The van der Waals surface area contributed by atoms with Crippen molar-refractivity contribution in [2.24, 2.45) is 0 Å². The third kappa shape index (κ3) is 5.57. The van der Waals surface area contributed by atoms with Crippen molar-refractivity contribution >= 4 is 21.6 Å². The van der Waals surface area contributed by atoms with Crippen LogP contribution in [-0.2, 0) is 21.4 Å². The van der Waals surface area contributed by atoms with Crippen LogP contribution < -0.4 is 5.32 Å². The number of halogens is 1. The van der Waals surface area contributed by atoms with Crippen LogP contribution in [0.3, 0.4) is 0 Å². The monoisotopic (exact) mass is 440 g/mol. The maximum Gasteiger partial charge on any atom is 0.244 e. The number of sulfonamides is 1. The Morgan fingerprint density at radius 3 is 2.19 bits per heavy atom. The van der Waals surface area contributed by atoms with Crippen LogP contribution in [0.2, 0.25) is 0 Å². The van der Waals surface area contributed by atoms with Crippen molar-refractivity contribution in [2.75, 3.05) is 11.9 Å². The molecule has 0 atom stereocenters. The molecule has 7 heteroatoms. The van der Waals surface area contributed by atoms with E-state index in [0.29, 0.717) is 11.1 Å².